The van der Waals surface area contributed by atoms with Crippen molar-refractivity contribution in [2.24, 2.45) is 0 Å². The smallest absolute Gasteiger partial charge is 0.123 e. The van der Waals surface area contributed by atoms with E-state index in [0.29, 0.717) is 0 Å². The first-order valence-electron chi connectivity index (χ1n) is 6.48. The van der Waals surface area contributed by atoms with Crippen molar-refractivity contribution in [3.8, 4) is 11.5 Å². The third-order valence-electron chi connectivity index (χ3n) is 3.12. The van der Waals surface area contributed by atoms with E-state index >= 15 is 0 Å². The van der Waals surface area contributed by atoms with E-state index < -0.39 is 0 Å². The van der Waals surface area contributed by atoms with Gasteiger partial charge in [-0.25, -0.2) is 0 Å². The molecule has 3 heteroatoms. The lowest BCUT2D eigenvalue weighted by Gasteiger charge is -2.26. The maximum absolute atomic E-state index is 5.37. The molecule has 0 bridgehead atoms. The molecule has 1 rings (SSSR count). The summed E-state index contributed by atoms with van der Waals surface area (Å²) in [6, 6.07) is 5.88. The minimum absolute atomic E-state index is 0.142. The van der Waals surface area contributed by atoms with Crippen LogP contribution in [0.2, 0.25) is 0 Å². The molecule has 0 amide bonds. The summed E-state index contributed by atoms with van der Waals surface area (Å²) >= 11 is 0. The van der Waals surface area contributed by atoms with E-state index in [1.165, 1.54) is 6.42 Å². The van der Waals surface area contributed by atoms with Crippen molar-refractivity contribution in [3.05, 3.63) is 23.8 Å². The fourth-order valence-corrected chi connectivity index (χ4v) is 2.07. The molecule has 0 aliphatic heterocycles. The average Bonchev–Trinajstić information content (AvgIpc) is 2.36. The van der Waals surface area contributed by atoms with Crippen LogP contribution in [0.15, 0.2) is 18.2 Å². The van der Waals surface area contributed by atoms with Gasteiger partial charge in [-0.3, -0.25) is 0 Å². The van der Waals surface area contributed by atoms with E-state index in [9.17, 15) is 0 Å². The normalized spacial score (nSPS) is 11.4. The zero-order chi connectivity index (χ0) is 13.6. The first-order valence-corrected chi connectivity index (χ1v) is 6.48. The summed E-state index contributed by atoms with van der Waals surface area (Å²) < 4.78 is 10.6. The maximum atomic E-state index is 5.37. The predicted octanol–water partition coefficient (Wildman–Crippen LogP) is 3.37. The lowest BCUT2D eigenvalue weighted by molar-refractivity contribution is 0.348. The first kappa shape index (κ1) is 14.8. The predicted molar refractivity (Wildman–Crippen MR) is 75.4 cm³/mol. The number of hydrogen-bond donors (Lipinski definition) is 1. The Morgan fingerprint density at radius 1 is 1.17 bits per heavy atom. The van der Waals surface area contributed by atoms with Crippen LogP contribution in [0.25, 0.3) is 0 Å². The molecule has 0 radical (unpaired) electrons. The number of hydrogen-bond acceptors (Lipinski definition) is 3. The number of methoxy groups -OCH3 is 2. The summed E-state index contributed by atoms with van der Waals surface area (Å²) in [7, 11) is 3.38. The Morgan fingerprint density at radius 3 is 2.44 bits per heavy atom. The fraction of sp³-hybridized carbons (Fsp3) is 0.600. The molecular weight excluding hydrogens is 226 g/mol. The zero-order valence-corrected chi connectivity index (χ0v) is 12.2. The molecule has 0 atom stereocenters. The van der Waals surface area contributed by atoms with Crippen molar-refractivity contribution in [3.63, 3.8) is 0 Å². The van der Waals surface area contributed by atoms with Crippen LogP contribution in [0.1, 0.15) is 39.2 Å². The van der Waals surface area contributed by atoms with Crippen LogP contribution in [-0.2, 0) is 6.54 Å². The summed E-state index contributed by atoms with van der Waals surface area (Å²) in [5.41, 5.74) is 1.27. The van der Waals surface area contributed by atoms with Gasteiger partial charge in [0.25, 0.3) is 0 Å². The van der Waals surface area contributed by atoms with E-state index in [2.05, 4.69) is 26.1 Å². The molecule has 0 heterocycles. The van der Waals surface area contributed by atoms with Crippen LogP contribution < -0.4 is 14.8 Å². The van der Waals surface area contributed by atoms with Gasteiger partial charge in [-0.2, -0.15) is 0 Å². The van der Waals surface area contributed by atoms with Crippen molar-refractivity contribution in [2.75, 3.05) is 14.2 Å². The highest BCUT2D eigenvalue weighted by molar-refractivity contribution is 5.40. The molecule has 0 spiro atoms. The molecule has 1 aromatic carbocycles. The highest BCUT2D eigenvalue weighted by Crippen LogP contribution is 2.24. The molecule has 1 aromatic rings. The molecule has 0 unspecified atom stereocenters. The van der Waals surface area contributed by atoms with Gasteiger partial charge in [0.15, 0.2) is 0 Å². The fourth-order valence-electron chi connectivity index (χ4n) is 2.07. The minimum Gasteiger partial charge on any atom is -0.497 e. The standard InChI is InChI=1S/C15H25NO2/c1-6-9-15(2,3)16-11-12-10-13(17-4)7-8-14(12)18-5/h7-8,10,16H,6,9,11H2,1-5H3. The largest absolute Gasteiger partial charge is 0.497 e. The van der Waals surface area contributed by atoms with Crippen molar-refractivity contribution >= 4 is 0 Å². The van der Waals surface area contributed by atoms with E-state index in [1.54, 1.807) is 14.2 Å². The molecule has 0 fully saturated rings. The van der Waals surface area contributed by atoms with Crippen LogP contribution in [0.4, 0.5) is 0 Å². The van der Waals surface area contributed by atoms with E-state index in [0.717, 1.165) is 30.0 Å². The molecule has 0 aliphatic carbocycles. The van der Waals surface area contributed by atoms with Gasteiger partial charge < -0.3 is 14.8 Å². The zero-order valence-electron chi connectivity index (χ0n) is 12.2. The topological polar surface area (TPSA) is 30.5 Å². The Morgan fingerprint density at radius 2 is 1.89 bits per heavy atom. The van der Waals surface area contributed by atoms with Crippen LogP contribution in [0.5, 0.6) is 11.5 Å². The molecule has 0 aromatic heterocycles. The molecular formula is C15H25NO2. The van der Waals surface area contributed by atoms with Crippen molar-refractivity contribution < 1.29 is 9.47 Å². The van der Waals surface area contributed by atoms with Crippen LogP contribution in [-0.4, -0.2) is 19.8 Å². The molecule has 0 saturated carbocycles. The minimum atomic E-state index is 0.142. The molecule has 1 N–H and O–H groups in total. The molecule has 0 aliphatic rings. The van der Waals surface area contributed by atoms with Gasteiger partial charge in [-0.05, 0) is 38.5 Å². The van der Waals surface area contributed by atoms with Crippen molar-refractivity contribution in [1.29, 1.82) is 0 Å². The lowest BCUT2D eigenvalue weighted by Crippen LogP contribution is -2.38. The van der Waals surface area contributed by atoms with Gasteiger partial charge in [-0.1, -0.05) is 13.3 Å². The Kier molecular flexibility index (Phi) is 5.48. The maximum Gasteiger partial charge on any atom is 0.123 e. The number of benzene rings is 1. The number of rotatable bonds is 7. The highest BCUT2D eigenvalue weighted by Gasteiger charge is 2.16. The number of nitrogens with one attached hydrogen (secondary N) is 1. The first-order chi connectivity index (χ1) is 8.52. The quantitative estimate of drug-likeness (QED) is 0.806. The monoisotopic (exact) mass is 251 g/mol. The molecule has 102 valence electrons. The van der Waals surface area contributed by atoms with E-state index in [-0.39, 0.29) is 5.54 Å². The van der Waals surface area contributed by atoms with Crippen molar-refractivity contribution in [2.45, 2.75) is 45.7 Å². The second-order valence-electron chi connectivity index (χ2n) is 5.17. The molecule has 3 nitrogen and oxygen atoms in total. The second-order valence-corrected chi connectivity index (χ2v) is 5.17. The summed E-state index contributed by atoms with van der Waals surface area (Å²) in [5, 5.41) is 3.57. The Labute approximate surface area is 110 Å². The Hall–Kier alpha value is -1.22. The molecule has 18 heavy (non-hydrogen) atoms. The summed E-state index contributed by atoms with van der Waals surface area (Å²) in [6.07, 6.45) is 2.33. The average molecular weight is 251 g/mol. The summed E-state index contributed by atoms with van der Waals surface area (Å²) in [6.45, 7) is 7.44. The van der Waals surface area contributed by atoms with E-state index in [4.69, 9.17) is 9.47 Å². The van der Waals surface area contributed by atoms with Gasteiger partial charge in [0.2, 0.25) is 0 Å². The van der Waals surface area contributed by atoms with Crippen LogP contribution in [0, 0.1) is 0 Å². The Balaban J connectivity index is 2.76. The van der Waals surface area contributed by atoms with Crippen LogP contribution in [0.3, 0.4) is 0 Å². The van der Waals surface area contributed by atoms with Gasteiger partial charge in [0.1, 0.15) is 11.5 Å². The van der Waals surface area contributed by atoms with E-state index in [1.807, 2.05) is 18.2 Å². The third-order valence-corrected chi connectivity index (χ3v) is 3.12. The Bertz CT molecular complexity index is 375. The highest BCUT2D eigenvalue weighted by atomic mass is 16.5. The van der Waals surface area contributed by atoms with Crippen molar-refractivity contribution in [1.82, 2.24) is 5.32 Å². The van der Waals surface area contributed by atoms with Gasteiger partial charge >= 0.3 is 0 Å². The van der Waals surface area contributed by atoms with Gasteiger partial charge in [0, 0.05) is 17.6 Å². The SMILES string of the molecule is CCCC(C)(C)NCc1cc(OC)ccc1OC. The molecule has 0 saturated heterocycles. The second kappa shape index (κ2) is 6.64. The third kappa shape index (κ3) is 4.22. The van der Waals surface area contributed by atoms with Gasteiger partial charge in [0.05, 0.1) is 14.2 Å². The number of ether oxygens (including phenoxy) is 2. The summed E-state index contributed by atoms with van der Waals surface area (Å²) in [4.78, 5) is 0. The summed E-state index contributed by atoms with van der Waals surface area (Å²) in [5.74, 6) is 1.76. The van der Waals surface area contributed by atoms with Gasteiger partial charge in [-0.15, -0.1) is 0 Å². The lowest BCUT2D eigenvalue weighted by atomic mass is 9.98. The van der Waals surface area contributed by atoms with Crippen LogP contribution >= 0.6 is 0 Å².